The van der Waals surface area contributed by atoms with Gasteiger partial charge in [-0.1, -0.05) is 36.4 Å². The van der Waals surface area contributed by atoms with Gasteiger partial charge in [0.25, 0.3) is 5.91 Å². The molecule has 1 aliphatic heterocycles. The van der Waals surface area contributed by atoms with Gasteiger partial charge >= 0.3 is 6.03 Å². The van der Waals surface area contributed by atoms with Crippen LogP contribution in [-0.4, -0.2) is 64.5 Å². The second kappa shape index (κ2) is 14.3. The number of benzene rings is 2. The summed E-state index contributed by atoms with van der Waals surface area (Å²) in [4.78, 5) is 42.4. The third kappa shape index (κ3) is 7.67. The highest BCUT2D eigenvalue weighted by Crippen LogP contribution is 2.40. The molecule has 2 aliphatic rings. The Kier molecular flexibility index (Phi) is 10.3. The Morgan fingerprint density at radius 1 is 1.04 bits per heavy atom. The standard InChI is InChI=1S/C36H47N7O3/c1-6-10-32(44)37-27-19-15-26(16-20-27)34(45)38-28-17-13-24(14-18-28)21-30-29-22-43(36(2,3)33(29)41-40-30)35(46)39-31(23-42(4)5)25-11-8-7-9-12-25/h6-12,15-16,19-20,24,28,31H,13-14,17-18,21-23H2,1-5H3,(H,37,44)(H,38,45)(H,39,46)(H,40,41)/b10-6+/t24?,28?,31-/m1/s1. The summed E-state index contributed by atoms with van der Waals surface area (Å²) in [5.74, 6) is 0.184. The van der Waals surface area contributed by atoms with E-state index in [9.17, 15) is 14.4 Å². The summed E-state index contributed by atoms with van der Waals surface area (Å²) < 4.78 is 0. The number of allylic oxidation sites excluding steroid dienone is 1. The molecule has 46 heavy (non-hydrogen) atoms. The number of rotatable bonds is 10. The molecular weight excluding hydrogens is 578 g/mol. The van der Waals surface area contributed by atoms with Crippen molar-refractivity contribution < 1.29 is 14.4 Å². The molecule has 0 bridgehead atoms. The molecule has 1 saturated carbocycles. The highest BCUT2D eigenvalue weighted by molar-refractivity contribution is 6.00. The SMILES string of the molecule is C/C=C/C(=O)Nc1ccc(C(=O)NC2CCC(Cc3[nH]nc4c3CN(C(=O)N[C@H](CN(C)C)c3ccccc3)C4(C)C)CC2)cc1. The number of nitrogens with zero attached hydrogens (tertiary/aromatic N) is 3. The first-order valence-corrected chi connectivity index (χ1v) is 16.2. The molecule has 4 amide bonds. The molecule has 0 radical (unpaired) electrons. The molecule has 0 unspecified atom stereocenters. The van der Waals surface area contributed by atoms with Gasteiger partial charge in [0.15, 0.2) is 0 Å². The molecule has 3 aromatic rings. The minimum atomic E-state index is -0.536. The number of hydrogen-bond donors (Lipinski definition) is 4. The molecule has 0 saturated heterocycles. The zero-order valence-electron chi connectivity index (χ0n) is 27.6. The molecule has 10 nitrogen and oxygen atoms in total. The van der Waals surface area contributed by atoms with E-state index < -0.39 is 5.54 Å². The van der Waals surface area contributed by atoms with Gasteiger partial charge in [0.05, 0.1) is 23.8 Å². The van der Waals surface area contributed by atoms with E-state index in [1.807, 2.05) is 37.2 Å². The number of likely N-dealkylation sites (N-methyl/N-ethyl adjacent to an activating group) is 1. The number of aromatic amines is 1. The van der Waals surface area contributed by atoms with Crippen molar-refractivity contribution in [3.63, 3.8) is 0 Å². The van der Waals surface area contributed by atoms with Crippen LogP contribution in [0.2, 0.25) is 0 Å². The first-order chi connectivity index (χ1) is 22.0. The zero-order chi connectivity index (χ0) is 32.8. The number of H-pyrrole nitrogens is 1. The maximum atomic E-state index is 13.7. The summed E-state index contributed by atoms with van der Waals surface area (Å²) in [6, 6.07) is 17.0. The summed E-state index contributed by atoms with van der Waals surface area (Å²) in [5, 5.41) is 17.3. The monoisotopic (exact) mass is 625 g/mol. The van der Waals surface area contributed by atoms with Gasteiger partial charge in [-0.3, -0.25) is 14.7 Å². The largest absolute Gasteiger partial charge is 0.349 e. The van der Waals surface area contributed by atoms with Crippen LogP contribution in [-0.2, 0) is 23.3 Å². The molecule has 2 aromatic carbocycles. The average molecular weight is 626 g/mol. The van der Waals surface area contributed by atoms with Crippen LogP contribution in [0.15, 0.2) is 66.7 Å². The number of anilines is 1. The number of aromatic nitrogens is 2. The summed E-state index contributed by atoms with van der Waals surface area (Å²) in [5.41, 5.74) is 4.95. The van der Waals surface area contributed by atoms with Gasteiger partial charge in [-0.2, -0.15) is 5.10 Å². The topological polar surface area (TPSA) is 122 Å². The predicted molar refractivity (Wildman–Crippen MR) is 180 cm³/mol. The summed E-state index contributed by atoms with van der Waals surface area (Å²) in [7, 11) is 4.03. The normalized spacial score (nSPS) is 19.6. The molecule has 10 heteroatoms. The van der Waals surface area contributed by atoms with Gasteiger partial charge in [0.1, 0.15) is 0 Å². The first kappa shape index (κ1) is 32.9. The summed E-state index contributed by atoms with van der Waals surface area (Å²) in [6.45, 7) is 7.13. The highest BCUT2D eigenvalue weighted by Gasteiger charge is 2.44. The number of carbonyl (C=O) groups excluding carboxylic acids is 3. The van der Waals surface area contributed by atoms with E-state index in [-0.39, 0.29) is 29.9 Å². The second-order valence-corrected chi connectivity index (χ2v) is 13.3. The van der Waals surface area contributed by atoms with Crippen LogP contribution in [0.1, 0.15) is 85.4 Å². The molecule has 1 aliphatic carbocycles. The van der Waals surface area contributed by atoms with Crippen molar-refractivity contribution in [3.8, 4) is 0 Å². The van der Waals surface area contributed by atoms with E-state index >= 15 is 0 Å². The number of fused-ring (bicyclic) bond motifs is 1. The van der Waals surface area contributed by atoms with E-state index in [0.29, 0.717) is 30.3 Å². The lowest BCUT2D eigenvalue weighted by atomic mass is 9.82. The van der Waals surface area contributed by atoms with E-state index in [2.05, 4.69) is 51.9 Å². The van der Waals surface area contributed by atoms with Gasteiger partial charge in [-0.25, -0.2) is 4.79 Å². The summed E-state index contributed by atoms with van der Waals surface area (Å²) in [6.07, 6.45) is 7.85. The highest BCUT2D eigenvalue weighted by atomic mass is 16.2. The van der Waals surface area contributed by atoms with Gasteiger partial charge < -0.3 is 25.8 Å². The molecular formula is C36H47N7O3. The van der Waals surface area contributed by atoms with Crippen molar-refractivity contribution in [1.82, 2.24) is 30.6 Å². The third-order valence-electron chi connectivity index (χ3n) is 9.22. The Labute approximate surface area is 272 Å². The predicted octanol–water partition coefficient (Wildman–Crippen LogP) is 5.52. The van der Waals surface area contributed by atoms with Gasteiger partial charge in [-0.15, -0.1) is 0 Å². The van der Waals surface area contributed by atoms with Crippen LogP contribution in [0.25, 0.3) is 0 Å². The van der Waals surface area contributed by atoms with Crippen molar-refractivity contribution >= 4 is 23.5 Å². The molecule has 1 atom stereocenters. The minimum Gasteiger partial charge on any atom is -0.349 e. The Morgan fingerprint density at radius 2 is 1.74 bits per heavy atom. The van der Waals surface area contributed by atoms with Crippen molar-refractivity contribution in [1.29, 1.82) is 0 Å². The van der Waals surface area contributed by atoms with Gasteiger partial charge in [0, 0.05) is 35.1 Å². The maximum Gasteiger partial charge on any atom is 0.319 e. The number of carbonyl (C=O) groups is 3. The number of hydrogen-bond acceptors (Lipinski definition) is 5. The fourth-order valence-corrected chi connectivity index (χ4v) is 6.68. The lowest BCUT2D eigenvalue weighted by Crippen LogP contribution is -2.48. The van der Waals surface area contributed by atoms with Crippen LogP contribution >= 0.6 is 0 Å². The van der Waals surface area contributed by atoms with Crippen LogP contribution < -0.4 is 16.0 Å². The van der Waals surface area contributed by atoms with Crippen LogP contribution in [0.5, 0.6) is 0 Å². The Bertz CT molecular complexity index is 1540. The maximum absolute atomic E-state index is 13.7. The van der Waals surface area contributed by atoms with Crippen molar-refractivity contribution in [2.45, 2.75) is 77.0 Å². The lowest BCUT2D eigenvalue weighted by molar-refractivity contribution is -0.111. The van der Waals surface area contributed by atoms with Crippen LogP contribution in [0.4, 0.5) is 10.5 Å². The molecule has 244 valence electrons. The van der Waals surface area contributed by atoms with E-state index in [1.165, 1.54) is 6.08 Å². The Balaban J connectivity index is 1.14. The fourth-order valence-electron chi connectivity index (χ4n) is 6.68. The number of urea groups is 1. The van der Waals surface area contributed by atoms with Gasteiger partial charge in [0.2, 0.25) is 5.91 Å². The molecule has 1 aromatic heterocycles. The van der Waals surface area contributed by atoms with Crippen molar-refractivity contribution in [2.75, 3.05) is 26.0 Å². The first-order valence-electron chi connectivity index (χ1n) is 16.2. The second-order valence-electron chi connectivity index (χ2n) is 13.3. The minimum absolute atomic E-state index is 0.0889. The van der Waals surface area contributed by atoms with Crippen molar-refractivity contribution in [2.24, 2.45) is 5.92 Å². The lowest BCUT2D eigenvalue weighted by Gasteiger charge is -2.34. The molecule has 4 N–H and O–H groups in total. The molecule has 5 rings (SSSR count). The van der Waals surface area contributed by atoms with E-state index in [0.717, 1.165) is 54.6 Å². The molecule has 2 heterocycles. The number of amides is 4. The Hall–Kier alpha value is -4.44. The zero-order valence-corrected chi connectivity index (χ0v) is 27.6. The molecule has 1 fully saturated rings. The Morgan fingerprint density at radius 3 is 2.39 bits per heavy atom. The van der Waals surface area contributed by atoms with Gasteiger partial charge in [-0.05, 0) is 109 Å². The quantitative estimate of drug-likeness (QED) is 0.221. The number of nitrogens with one attached hydrogen (secondary N) is 4. The van der Waals surface area contributed by atoms with Crippen LogP contribution in [0, 0.1) is 5.92 Å². The van der Waals surface area contributed by atoms with Crippen molar-refractivity contribution in [3.05, 3.63) is 94.8 Å². The smallest absolute Gasteiger partial charge is 0.319 e. The third-order valence-corrected chi connectivity index (χ3v) is 9.22. The molecule has 0 spiro atoms. The fraction of sp³-hybridized carbons (Fsp3) is 0.444. The summed E-state index contributed by atoms with van der Waals surface area (Å²) >= 11 is 0. The average Bonchev–Trinajstić information content (AvgIpc) is 3.55. The van der Waals surface area contributed by atoms with Crippen LogP contribution in [0.3, 0.4) is 0 Å². The van der Waals surface area contributed by atoms with E-state index in [4.69, 9.17) is 5.10 Å². The van der Waals surface area contributed by atoms with E-state index in [1.54, 1.807) is 37.3 Å².